The first-order valence-corrected chi connectivity index (χ1v) is 5.96. The first kappa shape index (κ1) is 12.3. The van der Waals surface area contributed by atoms with Gasteiger partial charge in [-0.3, -0.25) is 0 Å². The second-order valence-electron chi connectivity index (χ2n) is 4.42. The van der Waals surface area contributed by atoms with Crippen molar-refractivity contribution in [2.75, 3.05) is 7.11 Å². The smallest absolute Gasteiger partial charge is 0.177 e. The largest absolute Gasteiger partial charge is 0.377 e. The summed E-state index contributed by atoms with van der Waals surface area (Å²) in [6.07, 6.45) is 0. The Morgan fingerprint density at radius 3 is 2.76 bits per heavy atom. The van der Waals surface area contributed by atoms with Crippen LogP contribution in [0, 0.1) is 6.92 Å². The molecule has 0 bridgehead atoms. The van der Waals surface area contributed by atoms with E-state index in [0.717, 1.165) is 16.8 Å². The minimum Gasteiger partial charge on any atom is -0.377 e. The first-order chi connectivity index (χ1) is 8.04. The Kier molecular flexibility index (Phi) is 3.35. The van der Waals surface area contributed by atoms with Crippen molar-refractivity contribution in [1.82, 2.24) is 14.6 Å². The summed E-state index contributed by atoms with van der Waals surface area (Å²) in [5, 5.41) is 4.98. The molecule has 0 N–H and O–H groups in total. The third kappa shape index (κ3) is 2.15. The van der Waals surface area contributed by atoms with E-state index >= 15 is 0 Å². The van der Waals surface area contributed by atoms with Crippen LogP contribution in [0.4, 0.5) is 0 Å². The number of methoxy groups -OCH3 is 1. The van der Waals surface area contributed by atoms with Gasteiger partial charge in [0.05, 0.1) is 0 Å². The molecule has 2 heterocycles. The Hall–Kier alpha value is -1.13. The molecule has 0 aliphatic heterocycles. The summed E-state index contributed by atoms with van der Waals surface area (Å²) in [4.78, 5) is 4.37. The molecule has 4 nitrogen and oxygen atoms in total. The number of halogens is 1. The molecule has 0 aliphatic carbocycles. The lowest BCUT2D eigenvalue weighted by atomic mass is 10.0. The molecule has 0 atom stereocenters. The molecule has 5 heteroatoms. The van der Waals surface area contributed by atoms with E-state index in [0.29, 0.717) is 23.5 Å². The molecule has 0 aromatic carbocycles. The van der Waals surface area contributed by atoms with Crippen molar-refractivity contribution in [3.63, 3.8) is 0 Å². The molecular formula is C12H16ClN3O. The highest BCUT2D eigenvalue weighted by atomic mass is 35.5. The molecule has 0 saturated heterocycles. The van der Waals surface area contributed by atoms with Gasteiger partial charge in [0.2, 0.25) is 0 Å². The van der Waals surface area contributed by atoms with Crippen LogP contribution < -0.4 is 0 Å². The second-order valence-corrected chi connectivity index (χ2v) is 4.78. The first-order valence-electron chi connectivity index (χ1n) is 5.58. The molecule has 92 valence electrons. The van der Waals surface area contributed by atoms with Crippen molar-refractivity contribution in [2.45, 2.75) is 33.3 Å². The van der Waals surface area contributed by atoms with Crippen LogP contribution in [0.15, 0.2) is 6.07 Å². The van der Waals surface area contributed by atoms with Gasteiger partial charge in [0, 0.05) is 7.11 Å². The van der Waals surface area contributed by atoms with Gasteiger partial charge in [-0.15, -0.1) is 5.10 Å². The van der Waals surface area contributed by atoms with Crippen molar-refractivity contribution >= 4 is 17.2 Å². The zero-order valence-corrected chi connectivity index (χ0v) is 11.2. The summed E-state index contributed by atoms with van der Waals surface area (Å²) >= 11 is 6.37. The molecule has 0 saturated carbocycles. The average Bonchev–Trinajstić information content (AvgIpc) is 2.60. The lowest BCUT2D eigenvalue weighted by Gasteiger charge is -2.12. The maximum absolute atomic E-state index is 6.37. The highest BCUT2D eigenvalue weighted by Crippen LogP contribution is 2.28. The molecule has 0 amide bonds. The fourth-order valence-electron chi connectivity index (χ4n) is 2.04. The van der Waals surface area contributed by atoms with Gasteiger partial charge in [0.15, 0.2) is 11.5 Å². The van der Waals surface area contributed by atoms with E-state index in [1.54, 1.807) is 11.6 Å². The standard InChI is InChI=1S/C12H16ClN3O/c1-7(2)11-8(3)5-10-14-9(6-17-4)15-16(10)12(11)13/h5,7H,6H2,1-4H3. The summed E-state index contributed by atoms with van der Waals surface area (Å²) in [6.45, 7) is 6.68. The lowest BCUT2D eigenvalue weighted by molar-refractivity contribution is 0.178. The number of rotatable bonds is 3. The topological polar surface area (TPSA) is 39.4 Å². The van der Waals surface area contributed by atoms with Crippen molar-refractivity contribution in [2.24, 2.45) is 0 Å². The van der Waals surface area contributed by atoms with Gasteiger partial charge >= 0.3 is 0 Å². The van der Waals surface area contributed by atoms with Gasteiger partial charge in [-0.05, 0) is 30.0 Å². The number of hydrogen-bond donors (Lipinski definition) is 0. The van der Waals surface area contributed by atoms with Crippen molar-refractivity contribution in [3.8, 4) is 0 Å². The summed E-state index contributed by atoms with van der Waals surface area (Å²) in [7, 11) is 1.62. The van der Waals surface area contributed by atoms with Crippen LogP contribution in [-0.4, -0.2) is 21.7 Å². The van der Waals surface area contributed by atoms with Crippen LogP contribution in [0.2, 0.25) is 5.15 Å². The Morgan fingerprint density at radius 1 is 1.47 bits per heavy atom. The number of fused-ring (bicyclic) bond motifs is 1. The summed E-state index contributed by atoms with van der Waals surface area (Å²) in [5.41, 5.74) is 3.03. The van der Waals surface area contributed by atoms with E-state index in [9.17, 15) is 0 Å². The molecule has 0 unspecified atom stereocenters. The lowest BCUT2D eigenvalue weighted by Crippen LogP contribution is -2.01. The third-order valence-electron chi connectivity index (χ3n) is 2.71. The second kappa shape index (κ2) is 4.63. The van der Waals surface area contributed by atoms with E-state index in [2.05, 4.69) is 23.9 Å². The average molecular weight is 254 g/mol. The SMILES string of the molecule is COCc1nc2cc(C)c(C(C)C)c(Cl)n2n1. The van der Waals surface area contributed by atoms with Crippen molar-refractivity contribution in [3.05, 3.63) is 28.2 Å². The molecule has 0 radical (unpaired) electrons. The Labute approximate surface area is 106 Å². The zero-order valence-electron chi connectivity index (χ0n) is 10.5. The number of hydrogen-bond acceptors (Lipinski definition) is 3. The number of pyridine rings is 1. The number of ether oxygens (including phenoxy) is 1. The number of aromatic nitrogens is 3. The Morgan fingerprint density at radius 2 is 2.18 bits per heavy atom. The van der Waals surface area contributed by atoms with Crippen LogP contribution >= 0.6 is 11.6 Å². The molecule has 17 heavy (non-hydrogen) atoms. The van der Waals surface area contributed by atoms with Crippen molar-refractivity contribution < 1.29 is 4.74 Å². The van der Waals surface area contributed by atoms with Gasteiger partial charge in [-0.2, -0.15) is 0 Å². The third-order valence-corrected chi connectivity index (χ3v) is 3.07. The fourth-order valence-corrected chi connectivity index (χ4v) is 2.53. The predicted octanol–water partition coefficient (Wildman–Crippen LogP) is 2.96. The highest BCUT2D eigenvalue weighted by molar-refractivity contribution is 6.30. The monoisotopic (exact) mass is 253 g/mol. The van der Waals surface area contributed by atoms with Crippen LogP contribution in [0.1, 0.15) is 36.7 Å². The van der Waals surface area contributed by atoms with Crippen LogP contribution in [0.25, 0.3) is 5.65 Å². The van der Waals surface area contributed by atoms with Gasteiger partial charge in [0.1, 0.15) is 11.8 Å². The van der Waals surface area contributed by atoms with E-state index in [1.807, 2.05) is 13.0 Å². The maximum atomic E-state index is 6.37. The number of nitrogens with zero attached hydrogens (tertiary/aromatic N) is 3. The zero-order chi connectivity index (χ0) is 12.6. The molecule has 0 spiro atoms. The summed E-state index contributed by atoms with van der Waals surface area (Å²) in [6, 6.07) is 2.01. The Balaban J connectivity index is 2.65. The molecule has 2 rings (SSSR count). The van der Waals surface area contributed by atoms with Crippen LogP contribution in [0.3, 0.4) is 0 Å². The molecule has 0 fully saturated rings. The van der Waals surface area contributed by atoms with Gasteiger partial charge in [-0.1, -0.05) is 25.4 Å². The molecular weight excluding hydrogens is 238 g/mol. The van der Waals surface area contributed by atoms with E-state index < -0.39 is 0 Å². The normalized spacial score (nSPS) is 11.6. The summed E-state index contributed by atoms with van der Waals surface area (Å²) < 4.78 is 6.70. The van der Waals surface area contributed by atoms with E-state index in [4.69, 9.17) is 16.3 Å². The minimum absolute atomic E-state index is 0.363. The molecule has 2 aromatic heterocycles. The Bertz CT molecular complexity index is 548. The van der Waals surface area contributed by atoms with Crippen LogP contribution in [0.5, 0.6) is 0 Å². The van der Waals surface area contributed by atoms with Gasteiger partial charge < -0.3 is 4.74 Å². The van der Waals surface area contributed by atoms with Crippen LogP contribution in [-0.2, 0) is 11.3 Å². The number of aryl methyl sites for hydroxylation is 1. The predicted molar refractivity (Wildman–Crippen MR) is 67.5 cm³/mol. The van der Waals surface area contributed by atoms with Gasteiger partial charge in [0.25, 0.3) is 0 Å². The van der Waals surface area contributed by atoms with E-state index in [1.165, 1.54) is 0 Å². The molecule has 2 aromatic rings. The maximum Gasteiger partial charge on any atom is 0.177 e. The summed E-state index contributed by atoms with van der Waals surface area (Å²) in [5.74, 6) is 1.01. The van der Waals surface area contributed by atoms with Crippen molar-refractivity contribution in [1.29, 1.82) is 0 Å². The quantitative estimate of drug-likeness (QED) is 0.790. The van der Waals surface area contributed by atoms with Gasteiger partial charge in [-0.25, -0.2) is 9.50 Å². The fraction of sp³-hybridized carbons (Fsp3) is 0.500. The highest BCUT2D eigenvalue weighted by Gasteiger charge is 2.15. The molecule has 0 aliphatic rings. The minimum atomic E-state index is 0.363. The van der Waals surface area contributed by atoms with E-state index in [-0.39, 0.29) is 0 Å².